The molecule has 6 heteroatoms. The Morgan fingerprint density at radius 1 is 1.00 bits per heavy atom. The Morgan fingerprint density at radius 3 is 1.62 bits per heavy atom. The van der Waals surface area contributed by atoms with Crippen LogP contribution in [0.15, 0.2) is 24.3 Å². The van der Waals surface area contributed by atoms with E-state index in [9.17, 15) is 9.59 Å². The molecule has 0 aromatic rings. The summed E-state index contributed by atoms with van der Waals surface area (Å²) in [6.45, 7) is 19.7. The van der Waals surface area contributed by atoms with Crippen LogP contribution in [0.5, 0.6) is 0 Å². The van der Waals surface area contributed by atoms with E-state index in [1.165, 1.54) is 0 Å². The zero-order valence-corrected chi connectivity index (χ0v) is 17.3. The van der Waals surface area contributed by atoms with Crippen molar-refractivity contribution in [3.63, 3.8) is 0 Å². The van der Waals surface area contributed by atoms with Gasteiger partial charge in [0.05, 0.1) is 10.8 Å². The minimum absolute atomic E-state index is 0.163. The highest BCUT2D eigenvalue weighted by atomic mass is 16.6. The quantitative estimate of drug-likeness (QED) is 0.598. The van der Waals surface area contributed by atoms with Crippen LogP contribution in [0.2, 0.25) is 0 Å². The Kier molecular flexibility index (Phi) is 6.48. The molecule has 0 saturated carbocycles. The van der Waals surface area contributed by atoms with Gasteiger partial charge in [-0.2, -0.15) is 0 Å². The second-order valence-corrected chi connectivity index (χ2v) is 9.02. The van der Waals surface area contributed by atoms with Crippen LogP contribution in [0.1, 0.15) is 34.6 Å². The summed E-state index contributed by atoms with van der Waals surface area (Å²) >= 11 is 0. The number of carbonyl (C=O) groups is 2. The van der Waals surface area contributed by atoms with Crippen LogP contribution in [0.4, 0.5) is 0 Å². The van der Waals surface area contributed by atoms with Gasteiger partial charge in [-0.25, -0.2) is 0 Å². The summed E-state index contributed by atoms with van der Waals surface area (Å²) in [6, 6.07) is 0. The molecule has 2 saturated heterocycles. The summed E-state index contributed by atoms with van der Waals surface area (Å²) in [5.74, 6) is -0.934. The van der Waals surface area contributed by atoms with Gasteiger partial charge in [-0.1, -0.05) is 13.2 Å². The Bertz CT molecular complexity index is 607. The Morgan fingerprint density at radius 2 is 1.38 bits per heavy atom. The monoisotopic (exact) mass is 366 g/mol. The molecule has 0 radical (unpaired) electrons. The average molecular weight is 367 g/mol. The van der Waals surface area contributed by atoms with Gasteiger partial charge in [0, 0.05) is 26.2 Å². The van der Waals surface area contributed by atoms with E-state index in [0.717, 1.165) is 17.7 Å². The highest BCUT2D eigenvalue weighted by molar-refractivity contribution is 5.81. The summed E-state index contributed by atoms with van der Waals surface area (Å²) in [6.07, 6.45) is 0. The molecule has 0 spiro atoms. The van der Waals surface area contributed by atoms with Crippen molar-refractivity contribution in [2.45, 2.75) is 40.2 Å². The van der Waals surface area contributed by atoms with E-state index < -0.39 is 22.4 Å². The number of esters is 1. The second-order valence-electron chi connectivity index (χ2n) is 9.02. The number of hydrogen-bond donors (Lipinski definition) is 1. The molecule has 1 N–H and O–H groups in total. The average Bonchev–Trinajstić information content (AvgIpc) is 2.85. The van der Waals surface area contributed by atoms with Crippen molar-refractivity contribution in [1.82, 2.24) is 9.80 Å². The maximum absolute atomic E-state index is 12.0. The predicted octanol–water partition coefficient (Wildman–Crippen LogP) is 2.41. The summed E-state index contributed by atoms with van der Waals surface area (Å²) in [7, 11) is 3.89. The first kappa shape index (κ1) is 22.4. The fraction of sp³-hybridized carbons (Fsp3) is 0.700. The molecule has 26 heavy (non-hydrogen) atoms. The lowest BCUT2D eigenvalue weighted by atomic mass is 9.86. The van der Waals surface area contributed by atoms with Gasteiger partial charge in [-0.15, -0.1) is 0 Å². The molecule has 0 aliphatic carbocycles. The fourth-order valence-electron chi connectivity index (χ4n) is 3.23. The van der Waals surface area contributed by atoms with Crippen molar-refractivity contribution in [3.8, 4) is 0 Å². The number of nitrogens with zero attached hydrogens (tertiary/aromatic N) is 2. The molecule has 0 bridgehead atoms. The molecule has 2 atom stereocenters. The van der Waals surface area contributed by atoms with Crippen LogP contribution in [-0.4, -0.2) is 72.7 Å². The van der Waals surface area contributed by atoms with Crippen LogP contribution >= 0.6 is 0 Å². The lowest BCUT2D eigenvalue weighted by molar-refractivity contribution is -0.163. The van der Waals surface area contributed by atoms with Crippen molar-refractivity contribution < 1.29 is 19.4 Å². The molecule has 2 fully saturated rings. The van der Waals surface area contributed by atoms with E-state index in [4.69, 9.17) is 9.84 Å². The molecule has 0 aromatic carbocycles. The van der Waals surface area contributed by atoms with Gasteiger partial charge in [0.2, 0.25) is 0 Å². The summed E-state index contributed by atoms with van der Waals surface area (Å²) in [5, 5.41) is 8.87. The van der Waals surface area contributed by atoms with Crippen LogP contribution in [0, 0.1) is 10.8 Å². The number of carboxylic acids is 1. The number of carboxylic acid groups (broad SMARTS) is 1. The molecule has 2 rings (SSSR count). The molecular weight excluding hydrogens is 332 g/mol. The van der Waals surface area contributed by atoms with Gasteiger partial charge in [0.25, 0.3) is 0 Å². The standard InChI is InChI=1S/C12H21NO2.C8H13NO2/c1-9-7-13(6)8-12(9,5)10(14)15-11(2,3)4;1-6-4-9(3)5-8(6,2)7(10)11/h1,7-8H2,2-6H3;1,4-5H2,2-3H3,(H,10,11)/t12-;8-/m00/s1. The van der Waals surface area contributed by atoms with Crippen molar-refractivity contribution in [2.75, 3.05) is 40.3 Å². The van der Waals surface area contributed by atoms with E-state index in [2.05, 4.69) is 18.1 Å². The van der Waals surface area contributed by atoms with Crippen molar-refractivity contribution >= 4 is 11.9 Å². The summed E-state index contributed by atoms with van der Waals surface area (Å²) < 4.78 is 5.42. The summed E-state index contributed by atoms with van der Waals surface area (Å²) in [4.78, 5) is 26.9. The third-order valence-electron chi connectivity index (χ3n) is 4.98. The number of carbonyl (C=O) groups excluding carboxylic acids is 1. The Labute approximate surface area is 157 Å². The number of hydrogen-bond acceptors (Lipinski definition) is 5. The lowest BCUT2D eigenvalue weighted by Gasteiger charge is -2.28. The molecule has 0 aromatic heterocycles. The predicted molar refractivity (Wildman–Crippen MR) is 103 cm³/mol. The zero-order valence-electron chi connectivity index (χ0n) is 17.3. The normalized spacial score (nSPS) is 30.1. The number of aliphatic carboxylic acids is 1. The third kappa shape index (κ3) is 4.95. The SMILES string of the molecule is C=C1CN(C)C[C@]1(C)C(=O)O.C=C1CN(C)C[C@]1(C)C(=O)OC(C)(C)C. The molecule has 2 aliphatic rings. The molecule has 0 amide bonds. The van der Waals surface area contributed by atoms with Crippen LogP contribution in [-0.2, 0) is 14.3 Å². The minimum Gasteiger partial charge on any atom is -0.481 e. The molecule has 0 unspecified atom stereocenters. The second kappa shape index (κ2) is 7.53. The van der Waals surface area contributed by atoms with E-state index in [1.54, 1.807) is 6.92 Å². The largest absolute Gasteiger partial charge is 0.481 e. The highest BCUT2D eigenvalue weighted by Gasteiger charge is 2.45. The van der Waals surface area contributed by atoms with Crippen molar-refractivity contribution in [2.24, 2.45) is 10.8 Å². The first-order valence-corrected chi connectivity index (χ1v) is 8.82. The van der Waals surface area contributed by atoms with E-state index in [1.807, 2.05) is 46.7 Å². The maximum Gasteiger partial charge on any atom is 0.317 e. The number of likely N-dealkylation sites (N-methyl/N-ethyl adjacent to an activating group) is 2. The van der Waals surface area contributed by atoms with E-state index in [0.29, 0.717) is 19.6 Å². The first-order chi connectivity index (χ1) is 11.6. The van der Waals surface area contributed by atoms with Crippen LogP contribution in [0.25, 0.3) is 0 Å². The van der Waals surface area contributed by atoms with Gasteiger partial charge in [0.15, 0.2) is 0 Å². The molecule has 2 aliphatic heterocycles. The number of likely N-dealkylation sites (tertiary alicyclic amines) is 2. The lowest BCUT2D eigenvalue weighted by Crippen LogP contribution is -2.38. The maximum atomic E-state index is 12.0. The van der Waals surface area contributed by atoms with E-state index >= 15 is 0 Å². The smallest absolute Gasteiger partial charge is 0.317 e. The fourth-order valence-corrected chi connectivity index (χ4v) is 3.23. The van der Waals surface area contributed by atoms with Gasteiger partial charge >= 0.3 is 11.9 Å². The number of ether oxygens (including phenoxy) is 1. The molecular formula is C20H34N2O4. The van der Waals surface area contributed by atoms with Crippen LogP contribution < -0.4 is 0 Å². The van der Waals surface area contributed by atoms with Gasteiger partial charge in [-0.3, -0.25) is 9.59 Å². The Hall–Kier alpha value is -1.66. The Balaban J connectivity index is 0.000000273. The summed E-state index contributed by atoms with van der Waals surface area (Å²) in [5.41, 5.74) is 0.0462. The first-order valence-electron chi connectivity index (χ1n) is 8.82. The number of rotatable bonds is 2. The molecule has 2 heterocycles. The van der Waals surface area contributed by atoms with Crippen molar-refractivity contribution in [1.29, 1.82) is 0 Å². The third-order valence-corrected chi connectivity index (χ3v) is 4.98. The molecule has 6 nitrogen and oxygen atoms in total. The van der Waals surface area contributed by atoms with Gasteiger partial charge in [0.1, 0.15) is 5.60 Å². The van der Waals surface area contributed by atoms with Gasteiger partial charge < -0.3 is 19.6 Å². The minimum atomic E-state index is -0.771. The topological polar surface area (TPSA) is 70.1 Å². The van der Waals surface area contributed by atoms with Crippen LogP contribution in [0.3, 0.4) is 0 Å². The van der Waals surface area contributed by atoms with Gasteiger partial charge in [-0.05, 0) is 59.9 Å². The molecule has 148 valence electrons. The highest BCUT2D eigenvalue weighted by Crippen LogP contribution is 2.35. The van der Waals surface area contributed by atoms with E-state index in [-0.39, 0.29) is 5.97 Å². The zero-order chi connectivity index (χ0) is 20.5. The van der Waals surface area contributed by atoms with Crippen molar-refractivity contribution in [3.05, 3.63) is 24.3 Å².